The van der Waals surface area contributed by atoms with Crippen molar-refractivity contribution in [2.45, 2.75) is 13.1 Å². The fourth-order valence-corrected chi connectivity index (χ4v) is 1.86. The summed E-state index contributed by atoms with van der Waals surface area (Å²) in [5, 5.41) is 2.85. The van der Waals surface area contributed by atoms with Gasteiger partial charge in [-0.2, -0.15) is 13.2 Å². The monoisotopic (exact) mass is 381 g/mol. The summed E-state index contributed by atoms with van der Waals surface area (Å²) < 4.78 is 43.4. The highest BCUT2D eigenvalue weighted by Gasteiger charge is 2.29. The van der Waals surface area contributed by atoms with Gasteiger partial charge >= 0.3 is 6.18 Å². The fraction of sp³-hybridized carbons (Fsp3) is 0.263. The molecule has 1 aromatic rings. The second kappa shape index (κ2) is 10.2. The molecule has 0 aliphatic rings. The number of alkyl halides is 3. The molecule has 0 saturated heterocycles. The van der Waals surface area contributed by atoms with E-state index in [2.05, 4.69) is 23.5 Å². The molecule has 0 spiro atoms. The molecule has 0 heterocycles. The van der Waals surface area contributed by atoms with Gasteiger partial charge in [-0.1, -0.05) is 19.2 Å². The third-order valence-electron chi connectivity index (χ3n) is 3.32. The Morgan fingerprint density at radius 2 is 1.96 bits per heavy atom. The highest BCUT2D eigenvalue weighted by molar-refractivity contribution is 5.96. The minimum atomic E-state index is -4.40. The van der Waals surface area contributed by atoms with Crippen LogP contribution in [-0.4, -0.2) is 36.9 Å². The van der Waals surface area contributed by atoms with E-state index in [1.807, 2.05) is 0 Å². The first kappa shape index (κ1) is 22.0. The quantitative estimate of drug-likeness (QED) is 0.417. The van der Waals surface area contributed by atoms with E-state index in [1.165, 1.54) is 29.3 Å². The number of anilines is 1. The largest absolute Gasteiger partial charge is 0.474 e. The van der Waals surface area contributed by atoms with Gasteiger partial charge in [-0.25, -0.2) is 4.99 Å². The molecule has 1 aromatic carbocycles. The van der Waals surface area contributed by atoms with E-state index in [4.69, 9.17) is 4.74 Å². The number of halogens is 3. The number of nitrogens with zero attached hydrogens (tertiary/aromatic N) is 2. The zero-order valence-corrected chi connectivity index (χ0v) is 15.2. The summed E-state index contributed by atoms with van der Waals surface area (Å²) in [6, 6.07) is 4.51. The molecule has 0 aliphatic heterocycles. The molecule has 8 heteroatoms. The van der Waals surface area contributed by atoms with Crippen molar-refractivity contribution >= 4 is 17.5 Å². The number of amides is 1. The van der Waals surface area contributed by atoms with E-state index in [0.717, 1.165) is 12.1 Å². The number of benzene rings is 1. The molecule has 1 amide bonds. The molecule has 5 nitrogen and oxygen atoms in total. The van der Waals surface area contributed by atoms with Crippen molar-refractivity contribution in [2.24, 2.45) is 4.99 Å². The molecule has 0 aliphatic carbocycles. The summed E-state index contributed by atoms with van der Waals surface area (Å²) in [6.07, 6.45) is -0.0261. The molecular weight excluding hydrogens is 359 g/mol. The Kier molecular flexibility index (Phi) is 8.32. The predicted molar refractivity (Wildman–Crippen MR) is 100 cm³/mol. The van der Waals surface area contributed by atoms with Crippen molar-refractivity contribution in [1.82, 2.24) is 4.90 Å². The minimum absolute atomic E-state index is 0.153. The Labute approximate surface area is 156 Å². The fourth-order valence-electron chi connectivity index (χ4n) is 1.86. The molecule has 0 fully saturated rings. The number of hydrogen-bond donors (Lipinski definition) is 1. The second-order valence-corrected chi connectivity index (χ2v) is 5.41. The van der Waals surface area contributed by atoms with Crippen LogP contribution in [0.15, 0.2) is 66.5 Å². The Hall–Kier alpha value is -3.03. The standard InChI is InChI=1S/C19H22F3N3O2/c1-5-11-23-18(27-13-12-25(4)17(26)6-2)14(3)24-16-9-7-15(8-10-16)19(20,21)22/h5-11,24H,2-3,12-13H2,1,4H3/b11-5-,23-18+. The van der Waals surface area contributed by atoms with Crippen LogP contribution in [0, 0.1) is 0 Å². The van der Waals surface area contributed by atoms with Gasteiger partial charge in [0.2, 0.25) is 11.8 Å². The Morgan fingerprint density at radius 3 is 2.48 bits per heavy atom. The Morgan fingerprint density at radius 1 is 1.33 bits per heavy atom. The summed E-state index contributed by atoms with van der Waals surface area (Å²) in [5.74, 6) is -0.0836. The van der Waals surface area contributed by atoms with Crippen molar-refractivity contribution in [3.05, 3.63) is 67.0 Å². The van der Waals surface area contributed by atoms with Gasteiger partial charge < -0.3 is 15.0 Å². The van der Waals surface area contributed by atoms with E-state index in [-0.39, 0.29) is 24.1 Å². The van der Waals surface area contributed by atoms with Gasteiger partial charge in [0, 0.05) is 18.9 Å². The second-order valence-electron chi connectivity index (χ2n) is 5.41. The van der Waals surface area contributed by atoms with Crippen LogP contribution in [0.4, 0.5) is 18.9 Å². The molecule has 0 atom stereocenters. The summed E-state index contributed by atoms with van der Waals surface area (Å²) in [4.78, 5) is 17.0. The average Bonchev–Trinajstić information content (AvgIpc) is 2.63. The zero-order valence-electron chi connectivity index (χ0n) is 15.2. The molecule has 0 radical (unpaired) electrons. The number of carbonyl (C=O) groups excluding carboxylic acids is 1. The smallest absolute Gasteiger partial charge is 0.416 e. The average molecular weight is 381 g/mol. The molecule has 1 rings (SSSR count). The molecule has 0 bridgehead atoms. The minimum Gasteiger partial charge on any atom is -0.474 e. The zero-order chi connectivity index (χ0) is 20.4. The van der Waals surface area contributed by atoms with Crippen molar-refractivity contribution in [3.8, 4) is 0 Å². The lowest BCUT2D eigenvalue weighted by Gasteiger charge is -2.17. The predicted octanol–water partition coefficient (Wildman–Crippen LogP) is 4.22. The van der Waals surface area contributed by atoms with Crippen LogP contribution in [0.2, 0.25) is 0 Å². The highest BCUT2D eigenvalue weighted by atomic mass is 19.4. The van der Waals surface area contributed by atoms with Gasteiger partial charge in [0.15, 0.2) is 0 Å². The Balaban J connectivity index is 2.75. The van der Waals surface area contributed by atoms with Gasteiger partial charge in [0.25, 0.3) is 0 Å². The van der Waals surface area contributed by atoms with Gasteiger partial charge in [0.1, 0.15) is 6.61 Å². The molecule has 0 aromatic heterocycles. The lowest BCUT2D eigenvalue weighted by atomic mass is 10.2. The van der Waals surface area contributed by atoms with E-state index in [9.17, 15) is 18.0 Å². The first-order valence-electron chi connectivity index (χ1n) is 8.02. The van der Waals surface area contributed by atoms with Crippen LogP contribution < -0.4 is 5.32 Å². The summed E-state index contributed by atoms with van der Waals surface area (Å²) >= 11 is 0. The molecular formula is C19H22F3N3O2. The number of hydrogen-bond acceptors (Lipinski definition) is 4. The lowest BCUT2D eigenvalue weighted by Crippen LogP contribution is -2.29. The van der Waals surface area contributed by atoms with E-state index < -0.39 is 11.7 Å². The van der Waals surface area contributed by atoms with E-state index in [1.54, 1.807) is 20.0 Å². The molecule has 0 unspecified atom stereocenters. The molecule has 27 heavy (non-hydrogen) atoms. The van der Waals surface area contributed by atoms with Crippen LogP contribution in [-0.2, 0) is 15.7 Å². The number of ether oxygens (including phenoxy) is 1. The van der Waals surface area contributed by atoms with Crippen molar-refractivity contribution < 1.29 is 22.7 Å². The van der Waals surface area contributed by atoms with Crippen LogP contribution >= 0.6 is 0 Å². The van der Waals surface area contributed by atoms with Crippen LogP contribution in [0.5, 0.6) is 0 Å². The van der Waals surface area contributed by atoms with Gasteiger partial charge in [-0.3, -0.25) is 4.79 Å². The third kappa shape index (κ3) is 7.39. The first-order valence-corrected chi connectivity index (χ1v) is 8.02. The third-order valence-corrected chi connectivity index (χ3v) is 3.32. The maximum atomic E-state index is 12.6. The molecule has 1 N–H and O–H groups in total. The maximum absolute atomic E-state index is 12.6. The van der Waals surface area contributed by atoms with Crippen LogP contribution in [0.1, 0.15) is 12.5 Å². The van der Waals surface area contributed by atoms with Crippen LogP contribution in [0.25, 0.3) is 0 Å². The first-order chi connectivity index (χ1) is 12.7. The van der Waals surface area contributed by atoms with Crippen molar-refractivity contribution in [3.63, 3.8) is 0 Å². The summed E-state index contributed by atoms with van der Waals surface area (Å²) in [5.41, 5.74) is -0.0677. The summed E-state index contributed by atoms with van der Waals surface area (Å²) in [7, 11) is 1.60. The SMILES string of the molecule is C=CC(=O)N(C)CCO/C(=N/C=C\C)C(=C)Nc1ccc(C(F)(F)F)cc1. The number of allylic oxidation sites excluding steroid dienone is 1. The van der Waals surface area contributed by atoms with Gasteiger partial charge in [-0.05, 0) is 37.3 Å². The molecule has 0 saturated carbocycles. The lowest BCUT2D eigenvalue weighted by molar-refractivity contribution is -0.137. The molecule has 146 valence electrons. The van der Waals surface area contributed by atoms with Crippen molar-refractivity contribution in [1.29, 1.82) is 0 Å². The number of carbonyl (C=O) groups is 1. The van der Waals surface area contributed by atoms with Gasteiger partial charge in [0.05, 0.1) is 17.8 Å². The Bertz CT molecular complexity index is 723. The number of likely N-dealkylation sites (N-methyl/N-ethyl adjacent to an activating group) is 1. The van der Waals surface area contributed by atoms with Crippen molar-refractivity contribution in [2.75, 3.05) is 25.5 Å². The van der Waals surface area contributed by atoms with E-state index in [0.29, 0.717) is 12.2 Å². The number of rotatable bonds is 8. The topological polar surface area (TPSA) is 53.9 Å². The normalized spacial score (nSPS) is 12.0. The van der Waals surface area contributed by atoms with E-state index >= 15 is 0 Å². The summed E-state index contributed by atoms with van der Waals surface area (Å²) in [6.45, 7) is 9.43. The van der Waals surface area contributed by atoms with Gasteiger partial charge in [-0.15, -0.1) is 0 Å². The number of aliphatic imine (C=N–C) groups is 1. The maximum Gasteiger partial charge on any atom is 0.416 e. The highest BCUT2D eigenvalue weighted by Crippen LogP contribution is 2.30. The number of nitrogens with one attached hydrogen (secondary N) is 1. The van der Waals surface area contributed by atoms with Crippen LogP contribution in [0.3, 0.4) is 0 Å².